The number of benzene rings is 2. The molecule has 60 heavy (non-hydrogen) atoms. The minimum Gasteiger partial charge on any atom is -0.453 e. The number of fused-ring (bicyclic) bond motifs is 1. The van der Waals surface area contributed by atoms with Gasteiger partial charge in [0.2, 0.25) is 11.8 Å². The Morgan fingerprint density at radius 3 is 1.93 bits per heavy atom. The van der Waals surface area contributed by atoms with Crippen molar-refractivity contribution in [3.8, 4) is 11.1 Å². The molecule has 8 rings (SSSR count). The fourth-order valence-electron chi connectivity index (χ4n) is 10.4. The summed E-state index contributed by atoms with van der Waals surface area (Å²) in [5.74, 6) is -0.260. The van der Waals surface area contributed by atoms with Crippen molar-refractivity contribution in [3.05, 3.63) is 82.6 Å². The summed E-state index contributed by atoms with van der Waals surface area (Å²) in [5, 5.41) is 5.59. The van der Waals surface area contributed by atoms with Crippen molar-refractivity contribution in [3.63, 3.8) is 0 Å². The monoisotopic (exact) mass is 817 g/mol. The lowest BCUT2D eigenvalue weighted by molar-refractivity contribution is -0.135. The third-order valence-electron chi connectivity index (χ3n) is 13.6. The van der Waals surface area contributed by atoms with Gasteiger partial charge in [-0.05, 0) is 120 Å². The van der Waals surface area contributed by atoms with Crippen molar-refractivity contribution >= 4 is 40.9 Å². The van der Waals surface area contributed by atoms with Crippen LogP contribution in [0.25, 0.3) is 22.3 Å². The van der Waals surface area contributed by atoms with Crippen LogP contribution in [0.5, 0.6) is 0 Å². The highest BCUT2D eigenvalue weighted by Crippen LogP contribution is 2.49. The largest absolute Gasteiger partial charge is 0.453 e. The molecule has 0 aromatic heterocycles. The molecule has 4 heterocycles. The van der Waals surface area contributed by atoms with Gasteiger partial charge in [-0.3, -0.25) is 14.6 Å². The number of methoxy groups -OCH3 is 2. The van der Waals surface area contributed by atoms with E-state index in [9.17, 15) is 19.2 Å². The second kappa shape index (κ2) is 18.2. The highest BCUT2D eigenvalue weighted by Gasteiger charge is 2.43. The quantitative estimate of drug-likeness (QED) is 0.237. The summed E-state index contributed by atoms with van der Waals surface area (Å²) in [6, 6.07) is 16.2. The van der Waals surface area contributed by atoms with Crippen LogP contribution < -0.4 is 10.6 Å². The maximum absolute atomic E-state index is 14.2. The normalized spacial score (nSPS) is 23.7. The number of allylic oxidation sites excluding steroid dienone is 4. The third kappa shape index (κ3) is 8.40. The predicted molar refractivity (Wildman–Crippen MR) is 231 cm³/mol. The van der Waals surface area contributed by atoms with E-state index in [1.807, 2.05) is 29.8 Å². The first-order valence-electron chi connectivity index (χ1n) is 21.9. The molecule has 0 spiro atoms. The molecule has 12 heteroatoms. The lowest BCUT2D eigenvalue weighted by Gasteiger charge is -2.33. The Balaban J connectivity index is 0.922. The molecule has 1 saturated carbocycles. The van der Waals surface area contributed by atoms with E-state index in [1.54, 1.807) is 0 Å². The summed E-state index contributed by atoms with van der Waals surface area (Å²) < 4.78 is 15.3. The van der Waals surface area contributed by atoms with Crippen LogP contribution in [-0.2, 0) is 23.8 Å². The summed E-state index contributed by atoms with van der Waals surface area (Å²) in [5.41, 5.74) is 12.5. The predicted octanol–water partition coefficient (Wildman–Crippen LogP) is 7.69. The van der Waals surface area contributed by atoms with Crippen LogP contribution in [0.1, 0.15) is 95.6 Å². The number of hydrogen-bond acceptors (Lipinski definition) is 8. The van der Waals surface area contributed by atoms with Gasteiger partial charge < -0.3 is 34.6 Å². The molecule has 0 radical (unpaired) electrons. The van der Waals surface area contributed by atoms with Crippen LogP contribution in [0, 0.1) is 11.8 Å². The topological polar surface area (TPSA) is 139 Å². The molecular weight excluding hydrogens is 759 g/mol. The van der Waals surface area contributed by atoms with Crippen LogP contribution in [0.3, 0.4) is 0 Å². The zero-order chi connectivity index (χ0) is 41.9. The van der Waals surface area contributed by atoms with Gasteiger partial charge in [0, 0.05) is 43.9 Å². The molecule has 318 valence electrons. The highest BCUT2D eigenvalue weighted by atomic mass is 16.5. The number of amides is 4. The Labute approximate surface area is 353 Å². The van der Waals surface area contributed by atoms with Crippen LogP contribution in [0.4, 0.5) is 9.59 Å². The number of aliphatic imine (C=N–C) groups is 1. The van der Waals surface area contributed by atoms with Crippen molar-refractivity contribution in [1.82, 2.24) is 20.4 Å². The van der Waals surface area contributed by atoms with Gasteiger partial charge in [-0.2, -0.15) is 0 Å². The van der Waals surface area contributed by atoms with Crippen molar-refractivity contribution < 1.29 is 33.4 Å². The number of nitrogens with zero attached hydrogens (tertiary/aromatic N) is 3. The van der Waals surface area contributed by atoms with Gasteiger partial charge in [0.25, 0.3) is 0 Å². The fourth-order valence-corrected chi connectivity index (χ4v) is 10.4. The number of rotatable bonds is 11. The molecule has 2 aromatic rings. The molecule has 2 N–H and O–H groups in total. The van der Waals surface area contributed by atoms with E-state index in [2.05, 4.69) is 59.2 Å². The first-order valence-corrected chi connectivity index (χ1v) is 21.9. The van der Waals surface area contributed by atoms with Crippen molar-refractivity contribution in [2.75, 3.05) is 40.5 Å². The van der Waals surface area contributed by atoms with E-state index in [4.69, 9.17) is 19.2 Å². The van der Waals surface area contributed by atoms with Crippen LogP contribution in [0.2, 0.25) is 0 Å². The summed E-state index contributed by atoms with van der Waals surface area (Å²) in [6.07, 6.45) is 11.1. The molecule has 0 bridgehead atoms. The average Bonchev–Trinajstić information content (AvgIpc) is 4.14. The number of nitrogens with one attached hydrogen (secondary N) is 2. The molecule has 6 aliphatic rings. The van der Waals surface area contributed by atoms with Crippen molar-refractivity contribution in [1.29, 1.82) is 0 Å². The van der Waals surface area contributed by atoms with Crippen LogP contribution in [0.15, 0.2) is 76.4 Å². The smallest absolute Gasteiger partial charge is 0.407 e. The second-order valence-electron chi connectivity index (χ2n) is 17.4. The van der Waals surface area contributed by atoms with Crippen molar-refractivity contribution in [2.24, 2.45) is 16.8 Å². The van der Waals surface area contributed by atoms with Crippen molar-refractivity contribution in [2.45, 2.75) is 109 Å². The molecule has 3 saturated heterocycles. The number of carbonyl (C=O) groups is 4. The lowest BCUT2D eigenvalue weighted by atomic mass is 9.86. The summed E-state index contributed by atoms with van der Waals surface area (Å²) in [7, 11) is 2.64. The molecular formula is C48H59N5O7. The minimum absolute atomic E-state index is 0.0246. The van der Waals surface area contributed by atoms with Gasteiger partial charge in [-0.15, -0.1) is 0 Å². The number of ether oxygens (including phenoxy) is 3. The summed E-state index contributed by atoms with van der Waals surface area (Å²) in [6.45, 7) is 6.24. The minimum atomic E-state index is -0.657. The zero-order valence-corrected chi connectivity index (χ0v) is 35.5. The lowest BCUT2D eigenvalue weighted by Crippen LogP contribution is -2.54. The maximum Gasteiger partial charge on any atom is 0.407 e. The SMILES string of the molecule is COC(=O)NC(C(=O)N1CCCC1C1=C2CCCCC2=C(c2ccc(-c3ccc(C4=CN=C([C@@H]5CCCN5C(=O)[C@@H](NC(=O)OC)C(C)C)C4)cc3)cc2)C1)C1CCOC1. The van der Waals surface area contributed by atoms with Gasteiger partial charge >= 0.3 is 12.2 Å². The van der Waals surface area contributed by atoms with E-state index in [0.29, 0.717) is 32.7 Å². The summed E-state index contributed by atoms with van der Waals surface area (Å²) in [4.78, 5) is 61.0. The molecule has 4 amide bonds. The van der Waals surface area contributed by atoms with E-state index in [0.717, 1.165) is 85.8 Å². The molecule has 3 unspecified atom stereocenters. The number of alkyl carbamates (subject to hydrolysis) is 2. The fraction of sp³-hybridized carbons (Fsp3) is 0.521. The van der Waals surface area contributed by atoms with Gasteiger partial charge in [0.15, 0.2) is 0 Å². The average molecular weight is 818 g/mol. The molecule has 4 fully saturated rings. The molecule has 5 atom stereocenters. The Morgan fingerprint density at radius 2 is 1.30 bits per heavy atom. The summed E-state index contributed by atoms with van der Waals surface area (Å²) >= 11 is 0. The standard InChI is InChI=1S/C48H59N5O7/c1-29(2)43(50-47(56)58-3)45(54)53-23-8-12-42(53)40-25-35(27-49-40)32-15-13-30(14-16-32)31-17-19-33(20-18-31)38-26-39(37-10-6-5-9-36(37)38)41-11-7-22-52(41)46(55)44(51-48(57)59-4)34-21-24-60-28-34/h13-20,27,29,34,41-44H,5-12,21-26,28H2,1-4H3,(H,50,56)(H,51,57)/t34?,41?,42-,43-,44?/m0/s1. The first kappa shape index (κ1) is 41.5. The highest BCUT2D eigenvalue weighted by molar-refractivity contribution is 6.04. The third-order valence-corrected chi connectivity index (χ3v) is 13.6. The first-order chi connectivity index (χ1) is 29.1. The molecule has 2 aromatic carbocycles. The van der Waals surface area contributed by atoms with Gasteiger partial charge in [-0.25, -0.2) is 9.59 Å². The van der Waals surface area contributed by atoms with E-state index in [-0.39, 0.29) is 35.7 Å². The second-order valence-corrected chi connectivity index (χ2v) is 17.4. The Morgan fingerprint density at radius 1 is 0.700 bits per heavy atom. The van der Waals surface area contributed by atoms with Gasteiger partial charge in [0.05, 0.1) is 32.9 Å². The van der Waals surface area contributed by atoms with E-state index < -0.39 is 24.3 Å². The molecule has 2 aliphatic carbocycles. The van der Waals surface area contributed by atoms with E-state index in [1.165, 1.54) is 48.5 Å². The Bertz CT molecular complexity index is 2100. The molecule has 12 nitrogen and oxygen atoms in total. The number of carbonyl (C=O) groups excluding carboxylic acids is 4. The Kier molecular flexibility index (Phi) is 12.6. The van der Waals surface area contributed by atoms with Gasteiger partial charge in [-0.1, -0.05) is 62.4 Å². The number of hydrogen-bond donors (Lipinski definition) is 2. The van der Waals surface area contributed by atoms with Gasteiger partial charge in [0.1, 0.15) is 12.1 Å². The maximum atomic E-state index is 14.2. The number of likely N-dealkylation sites (tertiary alicyclic amines) is 2. The van der Waals surface area contributed by atoms with E-state index >= 15 is 0 Å². The van der Waals surface area contributed by atoms with Crippen LogP contribution >= 0.6 is 0 Å². The Hall–Kier alpha value is -5.23. The van der Waals surface area contributed by atoms with Crippen LogP contribution in [-0.4, -0.2) is 104 Å². The zero-order valence-electron chi connectivity index (χ0n) is 35.5. The molecule has 4 aliphatic heterocycles.